The number of nitriles is 1. The molecular weight excluding hydrogens is 412 g/mol. The molecule has 1 aromatic heterocycles. The lowest BCUT2D eigenvalue weighted by Gasteiger charge is -2.10. The van der Waals surface area contributed by atoms with Crippen LogP contribution in [0.5, 0.6) is 0 Å². The van der Waals surface area contributed by atoms with Crippen LogP contribution in [0.4, 0.5) is 4.39 Å². The van der Waals surface area contributed by atoms with Gasteiger partial charge in [-0.2, -0.15) is 10.4 Å². The van der Waals surface area contributed by atoms with E-state index in [1.807, 2.05) is 6.07 Å². The molecule has 0 unspecified atom stereocenters. The summed E-state index contributed by atoms with van der Waals surface area (Å²) in [5, 5.41) is 16.9. The predicted octanol–water partition coefficient (Wildman–Crippen LogP) is 5.50. The van der Waals surface area contributed by atoms with Crippen molar-refractivity contribution in [1.29, 1.82) is 5.26 Å². The van der Waals surface area contributed by atoms with Gasteiger partial charge in [0.05, 0.1) is 32.6 Å². The van der Waals surface area contributed by atoms with Gasteiger partial charge in [-0.25, -0.2) is 4.39 Å². The molecule has 0 radical (unpaired) electrons. The summed E-state index contributed by atoms with van der Waals surface area (Å²) in [5.41, 5.74) is 2.02. The number of hydrogen-bond acceptors (Lipinski definition) is 3. The first-order valence-electron chi connectivity index (χ1n) is 8.63. The highest BCUT2D eigenvalue weighted by Crippen LogP contribution is 2.31. The Morgan fingerprint density at radius 2 is 1.86 bits per heavy atom. The van der Waals surface area contributed by atoms with Crippen molar-refractivity contribution >= 4 is 34.1 Å². The zero-order chi connectivity index (χ0) is 20.5. The van der Waals surface area contributed by atoms with Crippen molar-refractivity contribution in [2.45, 2.75) is 6.42 Å². The molecule has 0 fully saturated rings. The molecular formula is C22H12Cl2FN3O. The second kappa shape index (κ2) is 7.67. The van der Waals surface area contributed by atoms with Crippen molar-refractivity contribution in [2.75, 3.05) is 0 Å². The van der Waals surface area contributed by atoms with Crippen molar-refractivity contribution < 1.29 is 4.39 Å². The fourth-order valence-electron chi connectivity index (χ4n) is 3.23. The molecule has 1 N–H and O–H groups in total. The fourth-order valence-corrected chi connectivity index (χ4v) is 3.62. The van der Waals surface area contributed by atoms with Crippen LogP contribution in [0.15, 0.2) is 59.4 Å². The van der Waals surface area contributed by atoms with Crippen LogP contribution in [0.25, 0.3) is 22.2 Å². The van der Waals surface area contributed by atoms with E-state index in [1.54, 1.807) is 48.5 Å². The molecule has 4 nitrogen and oxygen atoms in total. The highest BCUT2D eigenvalue weighted by atomic mass is 35.5. The van der Waals surface area contributed by atoms with Crippen molar-refractivity contribution in [3.05, 3.63) is 97.4 Å². The smallest absolute Gasteiger partial charge is 0.216 e. The molecule has 0 aliphatic carbocycles. The Hall–Kier alpha value is -3.20. The maximum absolute atomic E-state index is 14.4. The maximum atomic E-state index is 14.4. The lowest BCUT2D eigenvalue weighted by Crippen LogP contribution is -2.12. The zero-order valence-corrected chi connectivity index (χ0v) is 16.4. The van der Waals surface area contributed by atoms with Gasteiger partial charge in [0.25, 0.3) is 0 Å². The van der Waals surface area contributed by atoms with Gasteiger partial charge in [-0.05, 0) is 35.4 Å². The first-order chi connectivity index (χ1) is 14.0. The lowest BCUT2D eigenvalue weighted by molar-refractivity contribution is 0.613. The normalized spacial score (nSPS) is 10.8. The highest BCUT2D eigenvalue weighted by Gasteiger charge is 2.17. The molecule has 0 atom stereocenters. The topological polar surface area (TPSA) is 69.5 Å². The number of halogens is 3. The number of hydrogen-bond donors (Lipinski definition) is 1. The van der Waals surface area contributed by atoms with E-state index in [0.717, 1.165) is 0 Å². The van der Waals surface area contributed by atoms with E-state index >= 15 is 0 Å². The predicted molar refractivity (Wildman–Crippen MR) is 112 cm³/mol. The molecule has 29 heavy (non-hydrogen) atoms. The third kappa shape index (κ3) is 3.49. The summed E-state index contributed by atoms with van der Waals surface area (Å²) in [6, 6.07) is 16.4. The van der Waals surface area contributed by atoms with E-state index in [4.69, 9.17) is 28.5 Å². The number of aromatic amines is 1. The largest absolute Gasteiger partial charge is 0.287 e. The van der Waals surface area contributed by atoms with Crippen molar-refractivity contribution in [3.8, 4) is 17.3 Å². The van der Waals surface area contributed by atoms with Crippen LogP contribution in [0, 0.1) is 17.1 Å². The quantitative estimate of drug-likeness (QED) is 0.472. The Bertz CT molecular complexity index is 1360. The van der Waals surface area contributed by atoms with E-state index in [-0.39, 0.29) is 28.1 Å². The van der Waals surface area contributed by atoms with Crippen LogP contribution >= 0.6 is 23.2 Å². The summed E-state index contributed by atoms with van der Waals surface area (Å²) in [7, 11) is 0. The van der Waals surface area contributed by atoms with E-state index in [0.29, 0.717) is 32.6 Å². The first kappa shape index (κ1) is 19.1. The van der Waals surface area contributed by atoms with Crippen molar-refractivity contribution in [2.24, 2.45) is 0 Å². The van der Waals surface area contributed by atoms with Gasteiger partial charge in [0.1, 0.15) is 11.5 Å². The Morgan fingerprint density at radius 3 is 2.62 bits per heavy atom. The van der Waals surface area contributed by atoms with Gasteiger partial charge in [0.2, 0.25) is 5.43 Å². The lowest BCUT2D eigenvalue weighted by atomic mass is 9.98. The number of fused-ring (bicyclic) bond motifs is 1. The molecule has 1 heterocycles. The Kier molecular flexibility index (Phi) is 5.06. The molecule has 0 saturated carbocycles. The summed E-state index contributed by atoms with van der Waals surface area (Å²) >= 11 is 12.3. The highest BCUT2D eigenvalue weighted by molar-refractivity contribution is 6.43. The SMILES string of the molecule is N#Cc1ccc(Cc2cccc3[nH]nc(-c4cccc(Cl)c4Cl)c(=O)c23)c(F)c1. The van der Waals surface area contributed by atoms with Gasteiger partial charge >= 0.3 is 0 Å². The van der Waals surface area contributed by atoms with Crippen LogP contribution in [0.3, 0.4) is 0 Å². The number of rotatable bonds is 3. The molecule has 0 spiro atoms. The molecule has 7 heteroatoms. The number of nitrogens with zero attached hydrogens (tertiary/aromatic N) is 2. The Labute approximate surface area is 175 Å². The third-order valence-electron chi connectivity index (χ3n) is 4.65. The van der Waals surface area contributed by atoms with Crippen molar-refractivity contribution in [1.82, 2.24) is 10.2 Å². The average molecular weight is 424 g/mol. The number of H-pyrrole nitrogens is 1. The standard InChI is InChI=1S/C22H12Cl2FN3O/c23-16-5-2-4-15(20(16)24)21-22(29)19-14(3-1-6-18(19)27-28-21)10-13-8-7-12(11-26)9-17(13)25/h1-9H,10H2,(H,27,29). The summed E-state index contributed by atoms with van der Waals surface area (Å²) < 4.78 is 14.4. The van der Waals surface area contributed by atoms with Gasteiger partial charge in [-0.3, -0.25) is 9.89 Å². The second-order valence-electron chi connectivity index (χ2n) is 6.44. The minimum absolute atomic E-state index is 0.137. The third-order valence-corrected chi connectivity index (χ3v) is 5.47. The number of nitrogens with one attached hydrogen (secondary N) is 1. The van der Waals surface area contributed by atoms with Crippen LogP contribution < -0.4 is 5.43 Å². The van der Waals surface area contributed by atoms with Gasteiger partial charge < -0.3 is 0 Å². The van der Waals surface area contributed by atoms with E-state index in [1.165, 1.54) is 6.07 Å². The van der Waals surface area contributed by atoms with Crippen LogP contribution in [-0.2, 0) is 6.42 Å². The molecule has 0 saturated heterocycles. The Balaban J connectivity index is 1.89. The first-order valence-corrected chi connectivity index (χ1v) is 9.38. The summed E-state index contributed by atoms with van der Waals surface area (Å²) in [6.07, 6.45) is 0.185. The molecule has 4 aromatic rings. The molecule has 142 valence electrons. The second-order valence-corrected chi connectivity index (χ2v) is 7.22. The van der Waals surface area contributed by atoms with Gasteiger partial charge in [-0.1, -0.05) is 53.5 Å². The summed E-state index contributed by atoms with van der Waals surface area (Å²) in [6.45, 7) is 0. The van der Waals surface area contributed by atoms with Gasteiger partial charge in [0, 0.05) is 12.0 Å². The molecule has 0 amide bonds. The minimum Gasteiger partial charge on any atom is -0.287 e. The molecule has 3 aromatic carbocycles. The van der Waals surface area contributed by atoms with Crippen molar-refractivity contribution in [3.63, 3.8) is 0 Å². The number of aromatic nitrogens is 2. The van der Waals surface area contributed by atoms with E-state index in [9.17, 15) is 9.18 Å². The van der Waals surface area contributed by atoms with Gasteiger partial charge in [-0.15, -0.1) is 0 Å². The van der Waals surface area contributed by atoms with Crippen LogP contribution in [0.2, 0.25) is 10.0 Å². The fraction of sp³-hybridized carbons (Fsp3) is 0.0455. The average Bonchev–Trinajstić information content (AvgIpc) is 2.72. The minimum atomic E-state index is -0.496. The summed E-state index contributed by atoms with van der Waals surface area (Å²) in [5.74, 6) is -0.496. The van der Waals surface area contributed by atoms with Crippen LogP contribution in [0.1, 0.15) is 16.7 Å². The zero-order valence-electron chi connectivity index (χ0n) is 14.8. The van der Waals surface area contributed by atoms with Crippen LogP contribution in [-0.4, -0.2) is 10.2 Å². The molecule has 0 aliphatic rings. The van der Waals surface area contributed by atoms with Gasteiger partial charge in [0.15, 0.2) is 0 Å². The number of benzene rings is 3. The Morgan fingerprint density at radius 1 is 1.07 bits per heavy atom. The van der Waals surface area contributed by atoms with E-state index < -0.39 is 5.82 Å². The molecule has 0 bridgehead atoms. The monoisotopic (exact) mass is 423 g/mol. The molecule has 0 aliphatic heterocycles. The molecule has 4 rings (SSSR count). The van der Waals surface area contributed by atoms with E-state index in [2.05, 4.69) is 10.2 Å². The summed E-state index contributed by atoms with van der Waals surface area (Å²) in [4.78, 5) is 13.3. The maximum Gasteiger partial charge on any atom is 0.216 e.